The summed E-state index contributed by atoms with van der Waals surface area (Å²) in [6.45, 7) is 1.06. The van der Waals surface area contributed by atoms with E-state index in [9.17, 15) is 14.9 Å². The van der Waals surface area contributed by atoms with Gasteiger partial charge in [-0.25, -0.2) is 0 Å². The SMILES string of the molecule is O=C(c1cccc([N+](=O)[O-])c1)N1CCN=C1Cc1ccccc1. The Morgan fingerprint density at radius 1 is 1.17 bits per heavy atom. The van der Waals surface area contributed by atoms with Crippen LogP contribution in [0.5, 0.6) is 0 Å². The van der Waals surface area contributed by atoms with Gasteiger partial charge in [0.15, 0.2) is 0 Å². The maximum absolute atomic E-state index is 12.6. The second kappa shape index (κ2) is 6.39. The number of non-ortho nitro benzene ring substituents is 1. The Hall–Kier alpha value is -3.02. The second-order valence-corrected chi connectivity index (χ2v) is 5.22. The number of aliphatic imine (C=N–C) groups is 1. The third kappa shape index (κ3) is 3.26. The van der Waals surface area contributed by atoms with Gasteiger partial charge in [0.2, 0.25) is 0 Å². The molecule has 3 rings (SSSR count). The molecule has 0 saturated carbocycles. The minimum absolute atomic E-state index is 0.0865. The predicted molar refractivity (Wildman–Crippen MR) is 86.6 cm³/mol. The Balaban J connectivity index is 1.80. The van der Waals surface area contributed by atoms with Crippen molar-refractivity contribution in [1.82, 2.24) is 4.90 Å². The molecule has 1 aliphatic rings. The fourth-order valence-electron chi connectivity index (χ4n) is 2.55. The summed E-state index contributed by atoms with van der Waals surface area (Å²) in [5, 5.41) is 10.9. The predicted octanol–water partition coefficient (Wildman–Crippen LogP) is 2.69. The van der Waals surface area contributed by atoms with Crippen molar-refractivity contribution in [1.29, 1.82) is 0 Å². The summed E-state index contributed by atoms with van der Waals surface area (Å²) in [4.78, 5) is 29.0. The Morgan fingerprint density at radius 3 is 2.70 bits per heavy atom. The lowest BCUT2D eigenvalue weighted by atomic mass is 10.1. The van der Waals surface area contributed by atoms with Crippen LogP contribution >= 0.6 is 0 Å². The lowest BCUT2D eigenvalue weighted by Gasteiger charge is -2.18. The molecule has 0 bridgehead atoms. The minimum atomic E-state index is -0.500. The number of rotatable bonds is 4. The van der Waals surface area contributed by atoms with Crippen molar-refractivity contribution in [2.24, 2.45) is 4.99 Å². The molecule has 1 amide bonds. The number of hydrogen-bond acceptors (Lipinski definition) is 4. The molecule has 2 aromatic rings. The van der Waals surface area contributed by atoms with Gasteiger partial charge in [-0.1, -0.05) is 36.4 Å². The van der Waals surface area contributed by atoms with E-state index in [1.807, 2.05) is 30.3 Å². The molecule has 0 N–H and O–H groups in total. The minimum Gasteiger partial charge on any atom is -0.294 e. The van der Waals surface area contributed by atoms with Crippen LogP contribution < -0.4 is 0 Å². The number of hydrogen-bond donors (Lipinski definition) is 0. The van der Waals surface area contributed by atoms with E-state index < -0.39 is 4.92 Å². The standard InChI is InChI=1S/C17H15N3O3/c21-17(14-7-4-8-15(12-14)20(22)23)19-10-9-18-16(19)11-13-5-2-1-3-6-13/h1-8,12H,9-11H2. The Kier molecular flexibility index (Phi) is 4.14. The molecule has 0 spiro atoms. The first-order valence-corrected chi connectivity index (χ1v) is 7.29. The summed E-state index contributed by atoms with van der Waals surface area (Å²) >= 11 is 0. The van der Waals surface area contributed by atoms with Gasteiger partial charge in [0.25, 0.3) is 11.6 Å². The van der Waals surface area contributed by atoms with E-state index in [1.54, 1.807) is 11.0 Å². The molecule has 0 atom stereocenters. The fraction of sp³-hybridized carbons (Fsp3) is 0.176. The molecule has 2 aromatic carbocycles. The number of carbonyl (C=O) groups excluding carboxylic acids is 1. The molecule has 23 heavy (non-hydrogen) atoms. The highest BCUT2D eigenvalue weighted by Gasteiger charge is 2.25. The topological polar surface area (TPSA) is 75.8 Å². The van der Waals surface area contributed by atoms with Crippen molar-refractivity contribution in [3.63, 3.8) is 0 Å². The largest absolute Gasteiger partial charge is 0.294 e. The first kappa shape index (κ1) is 14.9. The van der Waals surface area contributed by atoms with E-state index in [4.69, 9.17) is 0 Å². The van der Waals surface area contributed by atoms with Crippen LogP contribution in [0.4, 0.5) is 5.69 Å². The summed E-state index contributed by atoms with van der Waals surface area (Å²) in [6, 6.07) is 15.6. The number of nitrogens with zero attached hydrogens (tertiary/aromatic N) is 3. The first-order chi connectivity index (χ1) is 11.1. The van der Waals surface area contributed by atoms with E-state index in [0.717, 1.165) is 5.56 Å². The Morgan fingerprint density at radius 2 is 1.96 bits per heavy atom. The number of amides is 1. The third-order valence-corrected chi connectivity index (χ3v) is 3.68. The van der Waals surface area contributed by atoms with Crippen LogP contribution in [0.25, 0.3) is 0 Å². The Labute approximate surface area is 133 Å². The molecule has 0 radical (unpaired) electrons. The van der Waals surface area contributed by atoms with Crippen molar-refractivity contribution in [3.05, 3.63) is 75.8 Å². The summed E-state index contributed by atoms with van der Waals surface area (Å²) in [7, 11) is 0. The molecule has 6 heteroatoms. The van der Waals surface area contributed by atoms with Crippen LogP contribution in [0.3, 0.4) is 0 Å². The first-order valence-electron chi connectivity index (χ1n) is 7.29. The van der Waals surface area contributed by atoms with E-state index >= 15 is 0 Å². The van der Waals surface area contributed by atoms with Gasteiger partial charge in [-0.3, -0.25) is 24.8 Å². The van der Waals surface area contributed by atoms with Gasteiger partial charge < -0.3 is 0 Å². The van der Waals surface area contributed by atoms with E-state index in [-0.39, 0.29) is 11.6 Å². The maximum atomic E-state index is 12.6. The number of carbonyl (C=O) groups is 1. The summed E-state index contributed by atoms with van der Waals surface area (Å²) in [5.74, 6) is 0.452. The van der Waals surface area contributed by atoms with E-state index in [0.29, 0.717) is 30.9 Å². The quantitative estimate of drug-likeness (QED) is 0.643. The number of nitro benzene ring substituents is 1. The highest BCUT2D eigenvalue weighted by molar-refractivity contribution is 6.07. The summed E-state index contributed by atoms with van der Waals surface area (Å²) in [6.07, 6.45) is 0.571. The van der Waals surface area contributed by atoms with Gasteiger partial charge in [-0.2, -0.15) is 0 Å². The monoisotopic (exact) mass is 309 g/mol. The van der Waals surface area contributed by atoms with Crippen LogP contribution in [0.2, 0.25) is 0 Å². The zero-order chi connectivity index (χ0) is 16.2. The molecule has 6 nitrogen and oxygen atoms in total. The van der Waals surface area contributed by atoms with Crippen LogP contribution in [-0.2, 0) is 6.42 Å². The van der Waals surface area contributed by atoms with Crippen LogP contribution in [0.1, 0.15) is 15.9 Å². The average molecular weight is 309 g/mol. The molecular formula is C17H15N3O3. The third-order valence-electron chi connectivity index (χ3n) is 3.68. The molecule has 0 aliphatic carbocycles. The van der Waals surface area contributed by atoms with Crippen molar-refractivity contribution >= 4 is 17.4 Å². The number of nitro groups is 1. The van der Waals surface area contributed by atoms with Gasteiger partial charge in [-0.15, -0.1) is 0 Å². The molecule has 1 aliphatic heterocycles. The average Bonchev–Trinajstić information content (AvgIpc) is 3.03. The van der Waals surface area contributed by atoms with Crippen LogP contribution in [0, 0.1) is 10.1 Å². The van der Waals surface area contributed by atoms with Gasteiger partial charge in [0.05, 0.1) is 11.5 Å². The Bertz CT molecular complexity index is 772. The van der Waals surface area contributed by atoms with Crippen molar-refractivity contribution in [2.45, 2.75) is 6.42 Å². The molecule has 0 aromatic heterocycles. The van der Waals surface area contributed by atoms with Crippen molar-refractivity contribution in [2.75, 3.05) is 13.1 Å². The van der Waals surface area contributed by atoms with Crippen LogP contribution in [0.15, 0.2) is 59.6 Å². The van der Waals surface area contributed by atoms with Crippen molar-refractivity contribution < 1.29 is 9.72 Å². The number of amidine groups is 1. The zero-order valence-corrected chi connectivity index (χ0v) is 12.4. The molecule has 1 heterocycles. The summed E-state index contributed by atoms with van der Waals surface area (Å²) < 4.78 is 0. The van der Waals surface area contributed by atoms with Gasteiger partial charge in [0.1, 0.15) is 5.84 Å². The van der Waals surface area contributed by atoms with E-state index in [2.05, 4.69) is 4.99 Å². The normalized spacial score (nSPS) is 13.7. The van der Waals surface area contributed by atoms with Gasteiger partial charge in [-0.05, 0) is 11.6 Å². The zero-order valence-electron chi connectivity index (χ0n) is 12.4. The van der Waals surface area contributed by atoms with Crippen molar-refractivity contribution in [3.8, 4) is 0 Å². The fourth-order valence-corrected chi connectivity index (χ4v) is 2.55. The highest BCUT2D eigenvalue weighted by Crippen LogP contribution is 2.17. The second-order valence-electron chi connectivity index (χ2n) is 5.22. The molecule has 0 saturated heterocycles. The smallest absolute Gasteiger partial charge is 0.270 e. The maximum Gasteiger partial charge on any atom is 0.270 e. The molecule has 0 fully saturated rings. The highest BCUT2D eigenvalue weighted by atomic mass is 16.6. The molecular weight excluding hydrogens is 294 g/mol. The van der Waals surface area contributed by atoms with E-state index in [1.165, 1.54) is 18.2 Å². The molecule has 116 valence electrons. The molecule has 0 unspecified atom stereocenters. The van der Waals surface area contributed by atoms with Gasteiger partial charge >= 0.3 is 0 Å². The lowest BCUT2D eigenvalue weighted by Crippen LogP contribution is -2.35. The number of benzene rings is 2. The van der Waals surface area contributed by atoms with Crippen LogP contribution in [-0.4, -0.2) is 34.7 Å². The summed E-state index contributed by atoms with van der Waals surface area (Å²) in [5.41, 5.74) is 1.29. The van der Waals surface area contributed by atoms with Gasteiger partial charge in [0, 0.05) is 30.7 Å². The lowest BCUT2D eigenvalue weighted by molar-refractivity contribution is -0.384.